The first-order chi connectivity index (χ1) is 13.0. The Bertz CT molecular complexity index is 899. The van der Waals surface area contributed by atoms with E-state index >= 15 is 0 Å². The number of carbonyl (C=O) groups excluding carboxylic acids is 2. The highest BCUT2D eigenvalue weighted by Crippen LogP contribution is 2.44. The summed E-state index contributed by atoms with van der Waals surface area (Å²) in [6, 6.07) is 5.61. The third kappa shape index (κ3) is 3.38. The van der Waals surface area contributed by atoms with Gasteiger partial charge in [0.25, 0.3) is 0 Å². The van der Waals surface area contributed by atoms with Gasteiger partial charge in [-0.15, -0.1) is 0 Å². The molecule has 4 N–H and O–H groups in total. The molecule has 2 amide bonds. The standard InChI is InChI=1S/C18H14F4N2O4/c19-11-5-1-10(2-6-11)15(26)13-14(9-3-7-12(25)8-4-9)23-16(27)24-17(13,28)18(20,21)22/h1-8,13-14,25,28H,(H2,23,24,27)/t13-,14-,17-/m1/s1. The molecule has 2 aromatic carbocycles. The second-order valence-corrected chi connectivity index (χ2v) is 6.28. The lowest BCUT2D eigenvalue weighted by molar-refractivity contribution is -0.287. The molecule has 10 heteroatoms. The molecule has 0 spiro atoms. The number of carbonyl (C=O) groups is 2. The second kappa shape index (κ2) is 6.79. The number of benzene rings is 2. The average molecular weight is 398 g/mol. The molecule has 2 aromatic rings. The van der Waals surface area contributed by atoms with E-state index in [2.05, 4.69) is 5.32 Å². The Labute approximate surface area is 155 Å². The fourth-order valence-corrected chi connectivity index (χ4v) is 3.09. The van der Waals surface area contributed by atoms with Gasteiger partial charge in [0, 0.05) is 5.56 Å². The lowest BCUT2D eigenvalue weighted by Gasteiger charge is -2.45. The van der Waals surface area contributed by atoms with Gasteiger partial charge in [0.15, 0.2) is 5.78 Å². The summed E-state index contributed by atoms with van der Waals surface area (Å²) in [6.07, 6.45) is -5.39. The zero-order valence-corrected chi connectivity index (χ0v) is 14.0. The minimum absolute atomic E-state index is 0.0517. The van der Waals surface area contributed by atoms with E-state index in [-0.39, 0.29) is 16.9 Å². The molecule has 1 heterocycles. The molecule has 0 bridgehead atoms. The van der Waals surface area contributed by atoms with Crippen molar-refractivity contribution in [3.63, 3.8) is 0 Å². The van der Waals surface area contributed by atoms with Crippen LogP contribution in [0.5, 0.6) is 5.75 Å². The smallest absolute Gasteiger partial charge is 0.437 e. The number of urea groups is 1. The number of hydrogen-bond acceptors (Lipinski definition) is 4. The van der Waals surface area contributed by atoms with Gasteiger partial charge in [0.2, 0.25) is 5.72 Å². The number of Topliss-reactive ketones (excluding diaryl/α,β-unsaturated/α-hetero) is 1. The maximum atomic E-state index is 13.7. The van der Waals surface area contributed by atoms with Gasteiger partial charge in [-0.25, -0.2) is 9.18 Å². The summed E-state index contributed by atoms with van der Waals surface area (Å²) in [7, 11) is 0. The van der Waals surface area contributed by atoms with Crippen LogP contribution in [-0.4, -0.2) is 33.9 Å². The van der Waals surface area contributed by atoms with E-state index in [1.54, 1.807) is 0 Å². The minimum atomic E-state index is -5.39. The predicted octanol–water partition coefficient (Wildman–Crippen LogP) is 2.64. The normalized spacial score (nSPS) is 25.0. The van der Waals surface area contributed by atoms with Crippen LogP contribution in [0.1, 0.15) is 22.0 Å². The number of rotatable bonds is 3. The van der Waals surface area contributed by atoms with Gasteiger partial charge in [-0.1, -0.05) is 12.1 Å². The Hall–Kier alpha value is -3.14. The van der Waals surface area contributed by atoms with Crippen molar-refractivity contribution in [2.24, 2.45) is 5.92 Å². The molecule has 3 rings (SSSR count). The SMILES string of the molecule is O=C1N[C@H](c2ccc(O)cc2)[C@H](C(=O)c2ccc(F)cc2)[C@@](O)(C(F)(F)F)N1. The fraction of sp³-hybridized carbons (Fsp3) is 0.222. The number of aromatic hydroxyl groups is 1. The number of phenolic OH excluding ortho intramolecular Hbond substituents is 1. The molecule has 0 aliphatic carbocycles. The summed E-state index contributed by atoms with van der Waals surface area (Å²) >= 11 is 0. The Morgan fingerprint density at radius 3 is 2.14 bits per heavy atom. The molecule has 3 atom stereocenters. The van der Waals surface area contributed by atoms with Crippen LogP contribution < -0.4 is 10.6 Å². The Balaban J connectivity index is 2.15. The quantitative estimate of drug-likeness (QED) is 0.472. The number of alkyl halides is 3. The van der Waals surface area contributed by atoms with Gasteiger partial charge < -0.3 is 20.8 Å². The van der Waals surface area contributed by atoms with Crippen LogP contribution >= 0.6 is 0 Å². The average Bonchev–Trinajstić information content (AvgIpc) is 2.61. The zero-order valence-electron chi connectivity index (χ0n) is 14.0. The molecule has 1 aliphatic heterocycles. The first-order valence-electron chi connectivity index (χ1n) is 7.99. The Morgan fingerprint density at radius 2 is 1.61 bits per heavy atom. The van der Waals surface area contributed by atoms with Gasteiger partial charge in [-0.3, -0.25) is 4.79 Å². The summed E-state index contributed by atoms with van der Waals surface area (Å²) in [5.41, 5.74) is -4.10. The van der Waals surface area contributed by atoms with Crippen molar-refractivity contribution in [3.05, 3.63) is 65.5 Å². The number of ketones is 1. The fourth-order valence-electron chi connectivity index (χ4n) is 3.09. The molecular formula is C18H14F4N2O4. The van der Waals surface area contributed by atoms with Crippen molar-refractivity contribution in [1.29, 1.82) is 0 Å². The molecular weight excluding hydrogens is 384 g/mol. The van der Waals surface area contributed by atoms with Crippen molar-refractivity contribution in [2.45, 2.75) is 17.9 Å². The molecule has 0 radical (unpaired) electrons. The van der Waals surface area contributed by atoms with Crippen LogP contribution in [0.4, 0.5) is 22.4 Å². The van der Waals surface area contributed by atoms with Crippen LogP contribution in [0, 0.1) is 11.7 Å². The number of phenols is 1. The van der Waals surface area contributed by atoms with E-state index in [1.165, 1.54) is 17.4 Å². The highest BCUT2D eigenvalue weighted by molar-refractivity contribution is 6.00. The third-order valence-corrected chi connectivity index (χ3v) is 4.47. The van der Waals surface area contributed by atoms with Crippen LogP contribution in [0.2, 0.25) is 0 Å². The highest BCUT2D eigenvalue weighted by atomic mass is 19.4. The maximum Gasteiger partial charge on any atom is 0.437 e. The summed E-state index contributed by atoms with van der Waals surface area (Å²) in [4.78, 5) is 24.7. The number of nitrogens with one attached hydrogen (secondary N) is 2. The van der Waals surface area contributed by atoms with Crippen molar-refractivity contribution in [1.82, 2.24) is 10.6 Å². The first-order valence-corrected chi connectivity index (χ1v) is 7.99. The van der Waals surface area contributed by atoms with Crippen molar-refractivity contribution in [2.75, 3.05) is 0 Å². The maximum absolute atomic E-state index is 13.7. The van der Waals surface area contributed by atoms with Crippen molar-refractivity contribution < 1.29 is 37.4 Å². The van der Waals surface area contributed by atoms with Gasteiger partial charge in [0.05, 0.1) is 6.04 Å². The summed E-state index contributed by atoms with van der Waals surface area (Å²) in [5, 5.41) is 23.4. The van der Waals surface area contributed by atoms with Crippen LogP contribution in [0.25, 0.3) is 0 Å². The number of halogens is 4. The minimum Gasteiger partial charge on any atom is -0.508 e. The van der Waals surface area contributed by atoms with Crippen LogP contribution in [-0.2, 0) is 0 Å². The summed E-state index contributed by atoms with van der Waals surface area (Å²) in [5.74, 6) is -4.27. The van der Waals surface area contributed by atoms with Gasteiger partial charge in [-0.2, -0.15) is 13.2 Å². The number of aliphatic hydroxyl groups is 1. The molecule has 1 fully saturated rings. The van der Waals surface area contributed by atoms with Gasteiger partial charge in [-0.05, 0) is 42.0 Å². The van der Waals surface area contributed by atoms with E-state index < -0.39 is 41.5 Å². The molecule has 0 saturated carbocycles. The predicted molar refractivity (Wildman–Crippen MR) is 87.7 cm³/mol. The molecule has 1 aliphatic rings. The van der Waals surface area contributed by atoms with Gasteiger partial charge in [0.1, 0.15) is 17.5 Å². The van der Waals surface area contributed by atoms with E-state index in [1.807, 2.05) is 0 Å². The zero-order chi connectivity index (χ0) is 20.7. The Morgan fingerprint density at radius 1 is 1.04 bits per heavy atom. The number of amides is 2. The van der Waals surface area contributed by atoms with E-state index in [0.717, 1.165) is 36.4 Å². The lowest BCUT2D eigenvalue weighted by atomic mass is 9.77. The monoisotopic (exact) mass is 398 g/mol. The van der Waals surface area contributed by atoms with Crippen LogP contribution in [0.3, 0.4) is 0 Å². The molecule has 148 valence electrons. The first kappa shape index (κ1) is 19.6. The molecule has 28 heavy (non-hydrogen) atoms. The van der Waals surface area contributed by atoms with E-state index in [0.29, 0.717) is 0 Å². The van der Waals surface area contributed by atoms with E-state index in [9.17, 15) is 37.4 Å². The van der Waals surface area contributed by atoms with E-state index in [4.69, 9.17) is 0 Å². The second-order valence-electron chi connectivity index (χ2n) is 6.28. The molecule has 0 unspecified atom stereocenters. The highest BCUT2D eigenvalue weighted by Gasteiger charge is 2.66. The van der Waals surface area contributed by atoms with Crippen molar-refractivity contribution >= 4 is 11.8 Å². The number of hydrogen-bond donors (Lipinski definition) is 4. The molecule has 1 saturated heterocycles. The van der Waals surface area contributed by atoms with Crippen molar-refractivity contribution in [3.8, 4) is 5.75 Å². The third-order valence-electron chi connectivity index (χ3n) is 4.47. The molecule has 6 nitrogen and oxygen atoms in total. The largest absolute Gasteiger partial charge is 0.508 e. The van der Waals surface area contributed by atoms with Gasteiger partial charge >= 0.3 is 12.2 Å². The summed E-state index contributed by atoms with van der Waals surface area (Å²) < 4.78 is 54.2. The molecule has 0 aromatic heterocycles. The summed E-state index contributed by atoms with van der Waals surface area (Å²) in [6.45, 7) is 0. The lowest BCUT2D eigenvalue weighted by Crippen LogP contribution is -2.72. The topological polar surface area (TPSA) is 98.7 Å². The Kier molecular flexibility index (Phi) is 4.76. The van der Waals surface area contributed by atoms with Crippen LogP contribution in [0.15, 0.2) is 48.5 Å².